The van der Waals surface area contributed by atoms with Gasteiger partial charge >= 0.3 is 23.9 Å². The number of hydrogen-bond acceptors (Lipinski definition) is 8. The van der Waals surface area contributed by atoms with Crippen molar-refractivity contribution in [3.63, 3.8) is 0 Å². The van der Waals surface area contributed by atoms with Crippen LogP contribution in [0.15, 0.2) is 22.8 Å². The van der Waals surface area contributed by atoms with Crippen LogP contribution in [0.1, 0.15) is 114 Å². The number of rotatable bonds is 8. The Morgan fingerprint density at radius 2 is 1.56 bits per heavy atom. The molecule has 2 saturated carbocycles. The van der Waals surface area contributed by atoms with Crippen molar-refractivity contribution in [2.24, 2.45) is 39.4 Å². The second kappa shape index (κ2) is 12.2. The summed E-state index contributed by atoms with van der Waals surface area (Å²) in [7, 11) is 0. The number of hydrogen-bond donors (Lipinski definition) is 2. The highest BCUT2D eigenvalue weighted by molar-refractivity contribution is 5.85. The molecule has 0 aromatic carbocycles. The van der Waals surface area contributed by atoms with Crippen molar-refractivity contribution in [1.82, 2.24) is 0 Å². The molecule has 45 heavy (non-hydrogen) atoms. The predicted molar refractivity (Wildman–Crippen MR) is 168 cm³/mol. The number of ether oxygens (including phenoxy) is 3. The van der Waals surface area contributed by atoms with E-state index in [1.807, 2.05) is 6.92 Å². The van der Waals surface area contributed by atoms with E-state index < -0.39 is 41.1 Å². The van der Waals surface area contributed by atoms with Gasteiger partial charge in [0, 0.05) is 43.6 Å². The maximum atomic E-state index is 12.6. The minimum atomic E-state index is -1.02. The first-order valence-corrected chi connectivity index (χ1v) is 16.6. The fraction of sp³-hybridized carbons (Fsp3) is 0.778. The van der Waals surface area contributed by atoms with Crippen LogP contribution in [0.25, 0.3) is 0 Å². The molecule has 9 nitrogen and oxygen atoms in total. The van der Waals surface area contributed by atoms with Crippen molar-refractivity contribution in [2.75, 3.05) is 0 Å². The van der Waals surface area contributed by atoms with Crippen LogP contribution in [0, 0.1) is 39.4 Å². The van der Waals surface area contributed by atoms with Crippen LogP contribution in [0.3, 0.4) is 0 Å². The van der Waals surface area contributed by atoms with Gasteiger partial charge in [-0.25, -0.2) is 4.79 Å². The van der Waals surface area contributed by atoms with Crippen LogP contribution in [-0.2, 0) is 33.4 Å². The molecule has 0 heterocycles. The zero-order valence-electron chi connectivity index (χ0n) is 28.8. The summed E-state index contributed by atoms with van der Waals surface area (Å²) in [6, 6.07) is 0. The number of aliphatic hydroxyl groups excluding tert-OH is 1. The Hall–Kier alpha value is -2.68. The van der Waals surface area contributed by atoms with Crippen molar-refractivity contribution in [3.05, 3.63) is 22.8 Å². The highest BCUT2D eigenvalue weighted by Gasteiger charge is 2.69. The number of carbonyl (C=O) groups excluding carboxylic acids is 3. The zero-order valence-corrected chi connectivity index (χ0v) is 28.8. The van der Waals surface area contributed by atoms with Gasteiger partial charge in [0.15, 0.2) is 0 Å². The van der Waals surface area contributed by atoms with Crippen molar-refractivity contribution >= 4 is 23.9 Å². The molecular weight excluding hydrogens is 576 g/mol. The van der Waals surface area contributed by atoms with Gasteiger partial charge in [-0.15, -0.1) is 0 Å². The largest absolute Gasteiger partial charge is 0.478 e. The summed E-state index contributed by atoms with van der Waals surface area (Å²) in [5, 5.41) is 21.5. The topological polar surface area (TPSA) is 136 Å². The minimum Gasteiger partial charge on any atom is -0.478 e. The van der Waals surface area contributed by atoms with E-state index in [4.69, 9.17) is 14.2 Å². The third-order valence-corrected chi connectivity index (χ3v) is 13.0. The van der Waals surface area contributed by atoms with Gasteiger partial charge in [0.25, 0.3) is 0 Å². The summed E-state index contributed by atoms with van der Waals surface area (Å²) in [6.45, 7) is 18.8. The molecule has 0 radical (unpaired) electrons. The van der Waals surface area contributed by atoms with Crippen molar-refractivity contribution < 1.29 is 43.6 Å². The monoisotopic (exact) mass is 630 g/mol. The van der Waals surface area contributed by atoms with E-state index in [1.54, 1.807) is 6.08 Å². The van der Waals surface area contributed by atoms with Gasteiger partial charge in [-0.3, -0.25) is 14.4 Å². The van der Waals surface area contributed by atoms with Gasteiger partial charge in [-0.2, -0.15) is 0 Å². The summed E-state index contributed by atoms with van der Waals surface area (Å²) in [5.41, 5.74) is 0.789. The molecule has 0 spiro atoms. The standard InChI is InChI=1S/C36H54O9/c1-19(32(41)42)11-12-26(43-21(3)37)20(2)25-17-29(40)36(10)31-24(13-16-35(25,36)9)34(8)15-14-30(45-23(5)39)33(6,7)28(34)18-27(31)44-22(4)38/h11,20,25-30,40H,12-18H2,1-10H3,(H,41,42)/b19-11+/t20-,25-,26+,27-,28+,29+,30+,34-,35-,36+/m1/s1. The molecule has 4 aliphatic rings. The average molecular weight is 631 g/mol. The van der Waals surface area contributed by atoms with E-state index in [0.29, 0.717) is 12.8 Å². The van der Waals surface area contributed by atoms with Crippen LogP contribution in [0.5, 0.6) is 0 Å². The lowest BCUT2D eigenvalue weighted by Gasteiger charge is -2.63. The highest BCUT2D eigenvalue weighted by atomic mass is 16.6. The van der Waals surface area contributed by atoms with E-state index in [0.717, 1.165) is 31.3 Å². The zero-order chi connectivity index (χ0) is 33.9. The van der Waals surface area contributed by atoms with Gasteiger partial charge in [0.05, 0.1) is 6.10 Å². The van der Waals surface area contributed by atoms with Crippen LogP contribution >= 0.6 is 0 Å². The number of carbonyl (C=O) groups is 4. The van der Waals surface area contributed by atoms with Gasteiger partial charge in [0.2, 0.25) is 0 Å². The molecule has 0 amide bonds. The summed E-state index contributed by atoms with van der Waals surface area (Å²) < 4.78 is 17.8. The van der Waals surface area contributed by atoms with Crippen LogP contribution < -0.4 is 0 Å². The quantitative estimate of drug-likeness (QED) is 0.140. The van der Waals surface area contributed by atoms with Gasteiger partial charge < -0.3 is 24.4 Å². The summed E-state index contributed by atoms with van der Waals surface area (Å²) in [5.74, 6) is -2.24. The van der Waals surface area contributed by atoms with E-state index in [1.165, 1.54) is 33.3 Å². The number of aliphatic hydroxyl groups is 1. The highest BCUT2D eigenvalue weighted by Crippen LogP contribution is 2.73. The predicted octanol–water partition coefficient (Wildman–Crippen LogP) is 6.17. The van der Waals surface area contributed by atoms with Crippen molar-refractivity contribution in [1.29, 1.82) is 0 Å². The van der Waals surface area contributed by atoms with Crippen molar-refractivity contribution in [3.8, 4) is 0 Å². The number of esters is 3. The normalized spacial score (nSPS) is 38.6. The fourth-order valence-electron chi connectivity index (χ4n) is 10.4. The smallest absolute Gasteiger partial charge is 0.330 e. The van der Waals surface area contributed by atoms with Gasteiger partial charge in [0.1, 0.15) is 18.3 Å². The molecule has 0 unspecified atom stereocenters. The molecule has 0 aliphatic heterocycles. The maximum Gasteiger partial charge on any atom is 0.330 e. The molecule has 9 heteroatoms. The molecule has 0 aromatic rings. The van der Waals surface area contributed by atoms with E-state index in [2.05, 4.69) is 34.6 Å². The Morgan fingerprint density at radius 3 is 2.11 bits per heavy atom. The third-order valence-electron chi connectivity index (χ3n) is 13.0. The molecular formula is C36H54O9. The first kappa shape index (κ1) is 35.2. The second-order valence-electron chi connectivity index (χ2n) is 15.6. The Labute approximate surface area is 268 Å². The number of carboxylic acid groups (broad SMARTS) is 1. The Bertz CT molecular complexity index is 1290. The molecule has 252 valence electrons. The molecule has 4 rings (SSSR count). The second-order valence-corrected chi connectivity index (χ2v) is 15.6. The molecule has 0 saturated heterocycles. The molecule has 0 aromatic heterocycles. The SMILES string of the molecule is CC(=O)O[C@@H](C/C=C(\C)C(=O)O)[C@H](C)[C@H]1C[C@H](O)[C@@]2(C)C3=C(CC[C@]12C)[C@@]1(C)CC[C@H](OC(C)=O)C(C)(C)[C@@H]1C[C@H]3OC(C)=O. The lowest BCUT2D eigenvalue weighted by atomic mass is 9.42. The Balaban J connectivity index is 1.81. The first-order chi connectivity index (χ1) is 20.7. The summed E-state index contributed by atoms with van der Waals surface area (Å²) in [4.78, 5) is 48.3. The molecule has 0 bridgehead atoms. The Morgan fingerprint density at radius 1 is 0.933 bits per heavy atom. The third kappa shape index (κ3) is 5.76. The Kier molecular flexibility index (Phi) is 9.51. The van der Waals surface area contributed by atoms with Gasteiger partial charge in [-0.05, 0) is 79.6 Å². The lowest BCUT2D eigenvalue weighted by Crippen LogP contribution is -2.60. The van der Waals surface area contributed by atoms with Gasteiger partial charge in [-0.1, -0.05) is 53.2 Å². The van der Waals surface area contributed by atoms with Crippen LogP contribution in [0.2, 0.25) is 0 Å². The number of fused-ring (bicyclic) bond motifs is 4. The first-order valence-electron chi connectivity index (χ1n) is 16.6. The molecule has 4 aliphatic carbocycles. The van der Waals surface area contributed by atoms with E-state index in [-0.39, 0.29) is 58.6 Å². The van der Waals surface area contributed by atoms with Crippen molar-refractivity contribution in [2.45, 2.75) is 139 Å². The average Bonchev–Trinajstić information content (AvgIpc) is 3.13. The number of carboxylic acids is 1. The minimum absolute atomic E-state index is 0.0471. The molecule has 2 fully saturated rings. The number of allylic oxidation sites excluding steroid dienone is 1. The van der Waals surface area contributed by atoms with E-state index in [9.17, 15) is 29.4 Å². The van der Waals surface area contributed by atoms with Crippen LogP contribution in [-0.4, -0.2) is 58.5 Å². The molecule has 10 atom stereocenters. The number of aliphatic carboxylic acids is 1. The van der Waals surface area contributed by atoms with E-state index >= 15 is 0 Å². The fourth-order valence-corrected chi connectivity index (χ4v) is 10.4. The maximum absolute atomic E-state index is 12.6. The summed E-state index contributed by atoms with van der Waals surface area (Å²) >= 11 is 0. The van der Waals surface area contributed by atoms with Crippen LogP contribution in [0.4, 0.5) is 0 Å². The molecule has 2 N–H and O–H groups in total. The summed E-state index contributed by atoms with van der Waals surface area (Å²) in [6.07, 6.45) is 4.04. The lowest BCUT2D eigenvalue weighted by molar-refractivity contribution is -0.173.